The summed E-state index contributed by atoms with van der Waals surface area (Å²) < 4.78 is 40.1. The first-order valence-corrected chi connectivity index (χ1v) is 6.87. The molecule has 0 spiro atoms. The Morgan fingerprint density at radius 1 is 1.26 bits per heavy atom. The van der Waals surface area contributed by atoms with E-state index in [0.717, 1.165) is 6.92 Å². The number of rotatable bonds is 3. The summed E-state index contributed by atoms with van der Waals surface area (Å²) in [5, 5.41) is 12.8. The fourth-order valence-corrected chi connectivity index (χ4v) is 2.49. The molecule has 8 heteroatoms. The molecule has 3 rings (SSSR count). The van der Waals surface area contributed by atoms with Crippen molar-refractivity contribution in [3.63, 3.8) is 0 Å². The lowest BCUT2D eigenvalue weighted by Crippen LogP contribution is -2.18. The molecule has 1 aromatic carbocycles. The topological polar surface area (TPSA) is 73.6 Å². The van der Waals surface area contributed by atoms with E-state index >= 15 is 0 Å². The number of halogens is 2. The SMILES string of the molecule is Cn1nc(C(=O)O)cc1-c1cc2c(cc1C(C)(F)F)OCCO2. The highest BCUT2D eigenvalue weighted by Gasteiger charge is 2.32. The molecular formula is C15H14F2N2O4. The number of alkyl halides is 2. The Morgan fingerprint density at radius 2 is 1.87 bits per heavy atom. The van der Waals surface area contributed by atoms with E-state index in [1.54, 1.807) is 0 Å². The van der Waals surface area contributed by atoms with Gasteiger partial charge in [-0.2, -0.15) is 5.10 Å². The lowest BCUT2D eigenvalue weighted by atomic mass is 9.98. The van der Waals surface area contributed by atoms with Crippen molar-refractivity contribution in [3.05, 3.63) is 29.5 Å². The van der Waals surface area contributed by atoms with Gasteiger partial charge in [-0.3, -0.25) is 4.68 Å². The van der Waals surface area contributed by atoms with Gasteiger partial charge in [-0.15, -0.1) is 0 Å². The maximum absolute atomic E-state index is 14.0. The Labute approximate surface area is 130 Å². The number of ether oxygens (including phenoxy) is 2. The number of carboxylic acids is 1. The first-order chi connectivity index (χ1) is 10.8. The second kappa shape index (κ2) is 5.22. The molecule has 1 N–H and O–H groups in total. The molecule has 0 saturated heterocycles. The van der Waals surface area contributed by atoms with E-state index in [4.69, 9.17) is 14.6 Å². The predicted octanol–water partition coefficient (Wildman–Crippen LogP) is 2.67. The normalized spacial score (nSPS) is 13.9. The molecule has 0 fully saturated rings. The largest absolute Gasteiger partial charge is 0.486 e. The van der Waals surface area contributed by atoms with Gasteiger partial charge in [0, 0.05) is 25.1 Å². The molecule has 2 heterocycles. The second-order valence-electron chi connectivity index (χ2n) is 5.27. The van der Waals surface area contributed by atoms with Gasteiger partial charge < -0.3 is 14.6 Å². The van der Waals surface area contributed by atoms with Gasteiger partial charge in [0.05, 0.1) is 5.69 Å². The van der Waals surface area contributed by atoms with Gasteiger partial charge in [0.15, 0.2) is 17.2 Å². The van der Waals surface area contributed by atoms with Gasteiger partial charge in [-0.25, -0.2) is 13.6 Å². The molecular weight excluding hydrogens is 310 g/mol. The molecule has 0 bridgehead atoms. The first-order valence-electron chi connectivity index (χ1n) is 6.87. The molecule has 0 saturated carbocycles. The van der Waals surface area contributed by atoms with Crippen LogP contribution in [0.15, 0.2) is 18.2 Å². The number of carboxylic acid groups (broad SMARTS) is 1. The fourth-order valence-electron chi connectivity index (χ4n) is 2.49. The van der Waals surface area contributed by atoms with Crippen LogP contribution in [0.2, 0.25) is 0 Å². The van der Waals surface area contributed by atoms with Crippen molar-refractivity contribution in [3.8, 4) is 22.8 Å². The molecule has 0 radical (unpaired) electrons. The zero-order chi connectivity index (χ0) is 16.8. The third kappa shape index (κ3) is 2.71. The number of hydrogen-bond acceptors (Lipinski definition) is 4. The number of aromatic nitrogens is 2. The number of benzene rings is 1. The summed E-state index contributed by atoms with van der Waals surface area (Å²) in [6, 6.07) is 3.92. The van der Waals surface area contributed by atoms with Crippen LogP contribution in [0.1, 0.15) is 23.0 Å². The van der Waals surface area contributed by atoms with Crippen LogP contribution in [0.3, 0.4) is 0 Å². The second-order valence-corrected chi connectivity index (χ2v) is 5.27. The molecule has 0 aliphatic carbocycles. The third-order valence-corrected chi connectivity index (χ3v) is 3.53. The Balaban J connectivity index is 2.23. The van der Waals surface area contributed by atoms with E-state index in [0.29, 0.717) is 12.4 Å². The molecule has 122 valence electrons. The highest BCUT2D eigenvalue weighted by molar-refractivity contribution is 5.87. The van der Waals surface area contributed by atoms with Crippen molar-refractivity contribution in [1.82, 2.24) is 9.78 Å². The quantitative estimate of drug-likeness (QED) is 0.939. The van der Waals surface area contributed by atoms with Crippen LogP contribution in [0.5, 0.6) is 11.5 Å². The maximum atomic E-state index is 14.0. The van der Waals surface area contributed by atoms with E-state index in [1.165, 1.54) is 29.9 Å². The van der Waals surface area contributed by atoms with Crippen LogP contribution in [0.4, 0.5) is 8.78 Å². The fraction of sp³-hybridized carbons (Fsp3) is 0.333. The van der Waals surface area contributed by atoms with Crippen LogP contribution < -0.4 is 9.47 Å². The Kier molecular flexibility index (Phi) is 3.46. The van der Waals surface area contributed by atoms with Gasteiger partial charge in [-0.1, -0.05) is 0 Å². The highest BCUT2D eigenvalue weighted by atomic mass is 19.3. The summed E-state index contributed by atoms with van der Waals surface area (Å²) in [4.78, 5) is 11.0. The monoisotopic (exact) mass is 324 g/mol. The summed E-state index contributed by atoms with van der Waals surface area (Å²) in [6.07, 6.45) is 0. The van der Waals surface area contributed by atoms with Gasteiger partial charge in [0.25, 0.3) is 5.92 Å². The third-order valence-electron chi connectivity index (χ3n) is 3.53. The van der Waals surface area contributed by atoms with E-state index in [2.05, 4.69) is 5.10 Å². The van der Waals surface area contributed by atoms with Crippen LogP contribution in [0, 0.1) is 0 Å². The average molecular weight is 324 g/mol. The van der Waals surface area contributed by atoms with E-state index < -0.39 is 11.9 Å². The van der Waals surface area contributed by atoms with Crippen molar-refractivity contribution in [2.75, 3.05) is 13.2 Å². The summed E-state index contributed by atoms with van der Waals surface area (Å²) >= 11 is 0. The Morgan fingerprint density at radius 3 is 2.39 bits per heavy atom. The van der Waals surface area contributed by atoms with Crippen molar-refractivity contribution in [2.24, 2.45) is 7.05 Å². The summed E-state index contributed by atoms with van der Waals surface area (Å²) in [6.45, 7) is 1.38. The average Bonchev–Trinajstić information content (AvgIpc) is 2.87. The van der Waals surface area contributed by atoms with Crippen LogP contribution in [-0.2, 0) is 13.0 Å². The number of aromatic carboxylic acids is 1. The minimum Gasteiger partial charge on any atom is -0.486 e. The lowest BCUT2D eigenvalue weighted by molar-refractivity contribution is 0.0175. The number of carbonyl (C=O) groups is 1. The molecule has 0 amide bonds. The lowest BCUT2D eigenvalue weighted by Gasteiger charge is -2.23. The van der Waals surface area contributed by atoms with E-state index in [9.17, 15) is 13.6 Å². The van der Waals surface area contributed by atoms with Gasteiger partial charge >= 0.3 is 5.97 Å². The van der Waals surface area contributed by atoms with Crippen LogP contribution in [0.25, 0.3) is 11.3 Å². The molecule has 0 unspecified atom stereocenters. The van der Waals surface area contributed by atoms with Crippen LogP contribution >= 0.6 is 0 Å². The highest BCUT2D eigenvalue weighted by Crippen LogP contribution is 2.43. The Bertz CT molecular complexity index is 781. The standard InChI is InChI=1S/C15H14F2N2O4/c1-15(16,17)9-6-13-12(22-3-4-23-13)5-8(9)11-7-10(14(20)21)18-19(11)2/h5-7H,3-4H2,1-2H3,(H,20,21). The number of nitrogens with zero attached hydrogens (tertiary/aromatic N) is 2. The van der Waals surface area contributed by atoms with Gasteiger partial charge in [0.1, 0.15) is 13.2 Å². The van der Waals surface area contributed by atoms with Crippen molar-refractivity contribution >= 4 is 5.97 Å². The van der Waals surface area contributed by atoms with E-state index in [-0.39, 0.29) is 34.9 Å². The van der Waals surface area contributed by atoms with Gasteiger partial charge in [-0.05, 0) is 18.2 Å². The molecule has 1 aliphatic heterocycles. The number of aryl methyl sites for hydroxylation is 1. The minimum absolute atomic E-state index is 0.157. The molecule has 1 aliphatic rings. The number of fused-ring (bicyclic) bond motifs is 1. The van der Waals surface area contributed by atoms with Crippen molar-refractivity contribution in [1.29, 1.82) is 0 Å². The molecule has 1 aromatic heterocycles. The summed E-state index contributed by atoms with van der Waals surface area (Å²) in [5.41, 5.74) is -0.0791. The number of hydrogen-bond donors (Lipinski definition) is 1. The molecule has 2 aromatic rings. The zero-order valence-electron chi connectivity index (χ0n) is 12.5. The van der Waals surface area contributed by atoms with Gasteiger partial charge in [0.2, 0.25) is 0 Å². The smallest absolute Gasteiger partial charge is 0.356 e. The summed E-state index contributed by atoms with van der Waals surface area (Å²) in [5.74, 6) is -3.78. The molecule has 0 atom stereocenters. The minimum atomic E-state index is -3.14. The van der Waals surface area contributed by atoms with Crippen LogP contribution in [-0.4, -0.2) is 34.1 Å². The summed E-state index contributed by atoms with van der Waals surface area (Å²) in [7, 11) is 1.50. The maximum Gasteiger partial charge on any atom is 0.356 e. The zero-order valence-corrected chi connectivity index (χ0v) is 12.5. The molecule has 6 nitrogen and oxygen atoms in total. The first kappa shape index (κ1) is 15.3. The van der Waals surface area contributed by atoms with Crippen molar-refractivity contribution in [2.45, 2.75) is 12.8 Å². The predicted molar refractivity (Wildman–Crippen MR) is 76.2 cm³/mol. The van der Waals surface area contributed by atoms with Crippen molar-refractivity contribution < 1.29 is 28.2 Å². The van der Waals surface area contributed by atoms with E-state index in [1.807, 2.05) is 0 Å². The molecule has 23 heavy (non-hydrogen) atoms. The Hall–Kier alpha value is -2.64.